The molecule has 5 heteroatoms. The summed E-state index contributed by atoms with van der Waals surface area (Å²) in [6, 6.07) is 14.8. The summed E-state index contributed by atoms with van der Waals surface area (Å²) < 4.78 is 10.8. The van der Waals surface area contributed by atoms with Crippen LogP contribution in [0.15, 0.2) is 73.3 Å². The van der Waals surface area contributed by atoms with Crippen LogP contribution in [0.4, 0.5) is 0 Å². The summed E-state index contributed by atoms with van der Waals surface area (Å²) >= 11 is 0. The van der Waals surface area contributed by atoms with Gasteiger partial charge < -0.3 is 14.8 Å². The Morgan fingerprint density at radius 3 is 2.55 bits per heavy atom. The van der Waals surface area contributed by atoms with Crippen molar-refractivity contribution >= 4 is 12.0 Å². The number of carbonyl (C=O) groups is 1. The number of hydrogen-bond donors (Lipinski definition) is 1. The van der Waals surface area contributed by atoms with Crippen LogP contribution in [0.2, 0.25) is 0 Å². The second-order valence-corrected chi connectivity index (χ2v) is 6.16. The molecule has 0 saturated heterocycles. The van der Waals surface area contributed by atoms with Crippen LogP contribution in [0, 0.1) is 11.3 Å². The SMILES string of the molecule is C=CCOc1ccc(/C=C(/C#N)C(=O)NCc2ccc(OC)cc2)cc1CC=C. The first-order valence-electron chi connectivity index (χ1n) is 9.11. The number of carbonyl (C=O) groups excluding carboxylic acids is 1. The lowest BCUT2D eigenvalue weighted by molar-refractivity contribution is -0.117. The minimum absolute atomic E-state index is 0.0304. The molecule has 1 amide bonds. The first kappa shape index (κ1) is 21.5. The molecule has 2 rings (SSSR count). The van der Waals surface area contributed by atoms with E-state index in [2.05, 4.69) is 18.5 Å². The second-order valence-electron chi connectivity index (χ2n) is 6.16. The molecule has 0 radical (unpaired) electrons. The standard InChI is InChI=1S/C24H24N2O3/c1-4-6-20-14-19(9-12-23(20)29-13-5-2)15-21(16-25)24(27)26-17-18-7-10-22(28-3)11-8-18/h4-5,7-12,14-15H,1-2,6,13,17H2,3H3,(H,26,27)/b21-15-. The summed E-state index contributed by atoms with van der Waals surface area (Å²) in [6.07, 6.45) is 5.62. The maximum atomic E-state index is 12.4. The van der Waals surface area contributed by atoms with E-state index in [4.69, 9.17) is 9.47 Å². The molecule has 0 unspecified atom stereocenters. The number of nitriles is 1. The van der Waals surface area contributed by atoms with E-state index in [9.17, 15) is 10.1 Å². The monoisotopic (exact) mass is 388 g/mol. The predicted molar refractivity (Wildman–Crippen MR) is 114 cm³/mol. The molecule has 29 heavy (non-hydrogen) atoms. The van der Waals surface area contributed by atoms with Gasteiger partial charge in [-0.2, -0.15) is 5.26 Å². The first-order valence-corrected chi connectivity index (χ1v) is 9.11. The Hall–Kier alpha value is -3.78. The Morgan fingerprint density at radius 1 is 1.17 bits per heavy atom. The summed E-state index contributed by atoms with van der Waals surface area (Å²) in [6.45, 7) is 8.12. The third kappa shape index (κ3) is 6.40. The number of nitrogens with zero attached hydrogens (tertiary/aromatic N) is 1. The van der Waals surface area contributed by atoms with Crippen molar-refractivity contribution < 1.29 is 14.3 Å². The fraction of sp³-hybridized carbons (Fsp3) is 0.167. The zero-order chi connectivity index (χ0) is 21.1. The number of allylic oxidation sites excluding steroid dienone is 1. The third-order valence-electron chi connectivity index (χ3n) is 4.09. The van der Waals surface area contributed by atoms with Crippen molar-refractivity contribution in [2.45, 2.75) is 13.0 Å². The molecule has 2 aromatic rings. The van der Waals surface area contributed by atoms with Gasteiger partial charge in [0.2, 0.25) is 0 Å². The molecule has 0 bridgehead atoms. The topological polar surface area (TPSA) is 71.3 Å². The fourth-order valence-corrected chi connectivity index (χ4v) is 2.63. The number of hydrogen-bond acceptors (Lipinski definition) is 4. The van der Waals surface area contributed by atoms with Gasteiger partial charge in [0, 0.05) is 6.54 Å². The van der Waals surface area contributed by atoms with Crippen molar-refractivity contribution in [3.05, 3.63) is 90.0 Å². The number of nitrogens with one attached hydrogen (secondary N) is 1. The van der Waals surface area contributed by atoms with Crippen LogP contribution in [0.1, 0.15) is 16.7 Å². The Balaban J connectivity index is 2.13. The van der Waals surface area contributed by atoms with E-state index in [1.54, 1.807) is 31.4 Å². The molecular formula is C24H24N2O3. The number of methoxy groups -OCH3 is 1. The van der Waals surface area contributed by atoms with Gasteiger partial charge in [0.25, 0.3) is 5.91 Å². The maximum Gasteiger partial charge on any atom is 0.262 e. The van der Waals surface area contributed by atoms with Crippen molar-refractivity contribution in [1.82, 2.24) is 5.32 Å². The molecule has 5 nitrogen and oxygen atoms in total. The lowest BCUT2D eigenvalue weighted by Crippen LogP contribution is -2.23. The maximum absolute atomic E-state index is 12.4. The smallest absolute Gasteiger partial charge is 0.262 e. The number of benzene rings is 2. The Kier molecular flexibility index (Phi) is 8.28. The molecule has 0 aromatic heterocycles. The van der Waals surface area contributed by atoms with Gasteiger partial charge in [0.1, 0.15) is 29.7 Å². The average molecular weight is 388 g/mol. The summed E-state index contributed by atoms with van der Waals surface area (Å²) in [5.74, 6) is 1.04. The molecule has 0 spiro atoms. The molecule has 2 aromatic carbocycles. The van der Waals surface area contributed by atoms with E-state index in [0.29, 0.717) is 19.6 Å². The van der Waals surface area contributed by atoms with Gasteiger partial charge >= 0.3 is 0 Å². The number of rotatable bonds is 10. The van der Waals surface area contributed by atoms with Gasteiger partial charge in [-0.1, -0.05) is 36.9 Å². The van der Waals surface area contributed by atoms with Gasteiger partial charge in [0.15, 0.2) is 0 Å². The highest BCUT2D eigenvalue weighted by Gasteiger charge is 2.10. The Morgan fingerprint density at radius 2 is 1.93 bits per heavy atom. The van der Waals surface area contributed by atoms with E-state index in [0.717, 1.165) is 28.2 Å². The average Bonchev–Trinajstić information content (AvgIpc) is 2.75. The van der Waals surface area contributed by atoms with E-state index >= 15 is 0 Å². The molecule has 0 heterocycles. The highest BCUT2D eigenvalue weighted by Crippen LogP contribution is 2.23. The fourth-order valence-electron chi connectivity index (χ4n) is 2.63. The molecule has 0 aliphatic carbocycles. The largest absolute Gasteiger partial charge is 0.497 e. The zero-order valence-electron chi connectivity index (χ0n) is 16.5. The van der Waals surface area contributed by atoms with Gasteiger partial charge in [-0.05, 0) is 53.5 Å². The minimum atomic E-state index is -0.430. The highest BCUT2D eigenvalue weighted by molar-refractivity contribution is 6.01. The molecule has 148 valence electrons. The van der Waals surface area contributed by atoms with Crippen LogP contribution in [0.25, 0.3) is 6.08 Å². The molecule has 0 atom stereocenters. The zero-order valence-corrected chi connectivity index (χ0v) is 16.5. The number of amides is 1. The van der Waals surface area contributed by atoms with Crippen molar-refractivity contribution in [2.75, 3.05) is 13.7 Å². The summed E-state index contributed by atoms with van der Waals surface area (Å²) in [5, 5.41) is 12.2. The molecule has 0 aliphatic heterocycles. The van der Waals surface area contributed by atoms with Crippen molar-refractivity contribution in [1.29, 1.82) is 5.26 Å². The molecule has 1 N–H and O–H groups in total. The summed E-state index contributed by atoms with van der Waals surface area (Å²) in [7, 11) is 1.60. The van der Waals surface area contributed by atoms with Gasteiger partial charge in [-0.25, -0.2) is 0 Å². The Labute approximate surface area is 171 Å². The molecule has 0 aliphatic rings. The van der Waals surface area contributed by atoms with Crippen LogP contribution in [-0.2, 0) is 17.8 Å². The highest BCUT2D eigenvalue weighted by atomic mass is 16.5. The van der Waals surface area contributed by atoms with E-state index in [-0.39, 0.29) is 5.57 Å². The lowest BCUT2D eigenvalue weighted by atomic mass is 10.0. The lowest BCUT2D eigenvalue weighted by Gasteiger charge is -2.10. The summed E-state index contributed by atoms with van der Waals surface area (Å²) in [4.78, 5) is 12.4. The number of ether oxygens (including phenoxy) is 2. The molecule has 0 saturated carbocycles. The van der Waals surface area contributed by atoms with Crippen LogP contribution >= 0.6 is 0 Å². The second kappa shape index (κ2) is 11.2. The van der Waals surface area contributed by atoms with E-state index in [1.165, 1.54) is 0 Å². The van der Waals surface area contributed by atoms with Crippen LogP contribution in [-0.4, -0.2) is 19.6 Å². The van der Waals surface area contributed by atoms with E-state index < -0.39 is 5.91 Å². The summed E-state index contributed by atoms with van der Waals surface area (Å²) in [5.41, 5.74) is 2.60. The predicted octanol–water partition coefficient (Wildman–Crippen LogP) is 4.21. The quantitative estimate of drug-likeness (QED) is 0.376. The minimum Gasteiger partial charge on any atom is -0.497 e. The van der Waals surface area contributed by atoms with Gasteiger partial charge in [-0.15, -0.1) is 6.58 Å². The van der Waals surface area contributed by atoms with E-state index in [1.807, 2.05) is 42.5 Å². The third-order valence-corrected chi connectivity index (χ3v) is 4.09. The van der Waals surface area contributed by atoms with Crippen LogP contribution in [0.3, 0.4) is 0 Å². The van der Waals surface area contributed by atoms with Crippen molar-refractivity contribution in [2.24, 2.45) is 0 Å². The van der Waals surface area contributed by atoms with Crippen molar-refractivity contribution in [3.8, 4) is 17.6 Å². The Bertz CT molecular complexity index is 938. The van der Waals surface area contributed by atoms with Crippen LogP contribution in [0.5, 0.6) is 11.5 Å². The molecular weight excluding hydrogens is 364 g/mol. The van der Waals surface area contributed by atoms with Gasteiger partial charge in [-0.3, -0.25) is 4.79 Å². The molecule has 0 fully saturated rings. The van der Waals surface area contributed by atoms with Gasteiger partial charge in [0.05, 0.1) is 7.11 Å². The normalized spacial score (nSPS) is 10.6. The van der Waals surface area contributed by atoms with Crippen molar-refractivity contribution in [3.63, 3.8) is 0 Å². The van der Waals surface area contributed by atoms with Crippen LogP contribution < -0.4 is 14.8 Å². The first-order chi connectivity index (χ1) is 14.1.